The van der Waals surface area contributed by atoms with Crippen LogP contribution in [0.1, 0.15) is 18.1 Å². The molecule has 0 unspecified atom stereocenters. The van der Waals surface area contributed by atoms with Gasteiger partial charge in [-0.2, -0.15) is 0 Å². The first kappa shape index (κ1) is 39.7. The third kappa shape index (κ3) is 9.54. The number of aliphatic hydroxyl groups is 7. The molecule has 0 amide bonds. The molecule has 2 aromatic carbocycles. The van der Waals surface area contributed by atoms with Gasteiger partial charge < -0.3 is 84.2 Å². The van der Waals surface area contributed by atoms with Crippen LogP contribution in [-0.2, 0) is 44.4 Å². The average Bonchev–Trinajstić information content (AvgIpc) is 3.12. The number of hydrogen-bond acceptors (Lipinski definition) is 18. The smallest absolute Gasteiger partial charge is 0.331 e. The zero-order valence-electron chi connectivity index (χ0n) is 27.8. The molecule has 0 spiro atoms. The van der Waals surface area contributed by atoms with E-state index in [2.05, 4.69) is 0 Å². The van der Waals surface area contributed by atoms with E-state index in [0.29, 0.717) is 12.0 Å². The van der Waals surface area contributed by atoms with Gasteiger partial charge in [-0.3, -0.25) is 0 Å². The van der Waals surface area contributed by atoms with E-state index in [1.165, 1.54) is 43.3 Å². The van der Waals surface area contributed by atoms with Gasteiger partial charge in [0.05, 0.1) is 25.9 Å². The molecule has 0 saturated carbocycles. The summed E-state index contributed by atoms with van der Waals surface area (Å²) in [5.41, 5.74) is 1.06. The number of hydrogen-bond donors (Lipinski definition) is 10. The third-order valence-electron chi connectivity index (χ3n) is 8.87. The Morgan fingerprint density at radius 1 is 0.769 bits per heavy atom. The molecule has 52 heavy (non-hydrogen) atoms. The van der Waals surface area contributed by atoms with Gasteiger partial charge in [0.1, 0.15) is 60.7 Å². The van der Waals surface area contributed by atoms with Gasteiger partial charge >= 0.3 is 5.97 Å². The lowest BCUT2D eigenvalue weighted by Crippen LogP contribution is -2.65. The molecule has 0 bridgehead atoms. The largest absolute Gasteiger partial charge is 0.508 e. The molecule has 14 atom stereocenters. The fourth-order valence-corrected chi connectivity index (χ4v) is 5.80. The summed E-state index contributed by atoms with van der Waals surface area (Å²) in [6.07, 6.45) is -19.4. The van der Waals surface area contributed by atoms with Gasteiger partial charge in [0, 0.05) is 6.08 Å². The lowest BCUT2D eigenvalue weighted by atomic mass is 9.96. The van der Waals surface area contributed by atoms with E-state index in [0.717, 1.165) is 11.6 Å². The topological polar surface area (TPSA) is 284 Å². The molecule has 18 nitrogen and oxygen atoms in total. The number of esters is 1. The molecule has 0 aliphatic carbocycles. The fourth-order valence-electron chi connectivity index (χ4n) is 5.80. The monoisotopic (exact) mass is 740 g/mol. The van der Waals surface area contributed by atoms with Crippen molar-refractivity contribution in [3.63, 3.8) is 0 Å². The van der Waals surface area contributed by atoms with Crippen molar-refractivity contribution in [2.75, 3.05) is 19.8 Å². The maximum atomic E-state index is 13.2. The van der Waals surface area contributed by atoms with E-state index in [9.17, 15) is 55.9 Å². The number of phenols is 3. The van der Waals surface area contributed by atoms with Crippen LogP contribution in [0.4, 0.5) is 0 Å². The second kappa shape index (κ2) is 17.6. The summed E-state index contributed by atoms with van der Waals surface area (Å²) in [5.74, 6) is -1.80. The number of aromatic hydroxyl groups is 3. The molecule has 0 aromatic heterocycles. The van der Waals surface area contributed by atoms with Gasteiger partial charge in [0.15, 0.2) is 36.5 Å². The molecule has 3 fully saturated rings. The lowest BCUT2D eigenvalue weighted by molar-refractivity contribution is -0.362. The quantitative estimate of drug-likeness (QED) is 0.0624. The summed E-state index contributed by atoms with van der Waals surface area (Å²) in [6.45, 7) is 0.417. The Morgan fingerprint density at radius 2 is 1.48 bits per heavy atom. The molecule has 3 aliphatic heterocycles. The van der Waals surface area contributed by atoms with Crippen LogP contribution in [0.2, 0.25) is 0 Å². The highest BCUT2D eigenvalue weighted by Crippen LogP contribution is 2.33. The highest BCUT2D eigenvalue weighted by molar-refractivity contribution is 5.87. The minimum absolute atomic E-state index is 0.0432. The van der Waals surface area contributed by atoms with E-state index in [1.807, 2.05) is 0 Å². The second-order valence-corrected chi connectivity index (χ2v) is 12.7. The zero-order valence-corrected chi connectivity index (χ0v) is 27.8. The van der Waals surface area contributed by atoms with Gasteiger partial charge in [0.2, 0.25) is 0 Å². The van der Waals surface area contributed by atoms with Gasteiger partial charge in [-0.25, -0.2) is 4.79 Å². The average molecular weight is 741 g/mol. The molecule has 3 saturated heterocycles. The summed E-state index contributed by atoms with van der Waals surface area (Å²) in [7, 11) is 0. The zero-order chi connectivity index (χ0) is 37.7. The first-order valence-electron chi connectivity index (χ1n) is 16.5. The Balaban J connectivity index is 1.41. The van der Waals surface area contributed by atoms with Crippen molar-refractivity contribution in [3.05, 3.63) is 59.7 Å². The van der Waals surface area contributed by atoms with E-state index in [1.54, 1.807) is 12.1 Å². The molecular weight excluding hydrogens is 696 g/mol. The van der Waals surface area contributed by atoms with Crippen molar-refractivity contribution in [2.24, 2.45) is 0 Å². The highest BCUT2D eigenvalue weighted by atomic mass is 16.8. The Bertz CT molecular complexity index is 1490. The molecule has 2 aromatic rings. The van der Waals surface area contributed by atoms with Crippen LogP contribution in [0.15, 0.2) is 48.5 Å². The van der Waals surface area contributed by atoms with Crippen molar-refractivity contribution in [1.29, 1.82) is 0 Å². The number of carbonyl (C=O) groups excluding carboxylic acids is 1. The summed E-state index contributed by atoms with van der Waals surface area (Å²) >= 11 is 0. The van der Waals surface area contributed by atoms with Crippen LogP contribution in [0.25, 0.3) is 6.08 Å². The first-order valence-corrected chi connectivity index (χ1v) is 16.5. The number of ether oxygens (including phenoxy) is 7. The summed E-state index contributed by atoms with van der Waals surface area (Å²) < 4.78 is 40.2. The Kier molecular flexibility index (Phi) is 13.4. The van der Waals surface area contributed by atoms with Crippen LogP contribution in [0.5, 0.6) is 17.2 Å². The van der Waals surface area contributed by atoms with E-state index in [-0.39, 0.29) is 24.7 Å². The fraction of sp³-hybridized carbons (Fsp3) is 0.559. The SMILES string of the molecule is C[C@@H]1O[C@@H](O[C@@H]2[C@@H](O)[C@H](OCCc3ccc(O)cc3)O[C@H](CO[C@@H]3OC[C@@H](O)[C@H](O)[C@H]3O)[C@H]2OC(=O)/C=C/c2ccc(O)c(O)c2)[C@H](O)[C@H](O)[C@H]1O. The van der Waals surface area contributed by atoms with Crippen molar-refractivity contribution in [1.82, 2.24) is 0 Å². The molecule has 0 radical (unpaired) electrons. The van der Waals surface area contributed by atoms with Crippen LogP contribution < -0.4 is 0 Å². The maximum absolute atomic E-state index is 13.2. The summed E-state index contributed by atoms with van der Waals surface area (Å²) in [5, 5.41) is 102. The van der Waals surface area contributed by atoms with Crippen LogP contribution >= 0.6 is 0 Å². The number of benzene rings is 2. The number of phenolic OH excluding ortho intramolecular Hbond substituents is 3. The third-order valence-corrected chi connectivity index (χ3v) is 8.87. The standard InChI is InChI=1S/C34H44O18/c1-15-24(40)26(42)28(44)34(49-15)52-31-29(45)33(46-11-10-16-2-6-18(35)7-3-16)50-22(14-48-32-27(43)25(41)21(38)13-47-32)30(31)51-23(39)9-5-17-4-8-19(36)20(37)12-17/h2-9,12,15,21-22,24-38,40-45H,10-11,13-14H2,1H3/b9-5+/t15-,21+,22+,24-,25-,26+,27+,28+,29+,30+,31+,32-,33+,34-/m0/s1. The van der Waals surface area contributed by atoms with Gasteiger partial charge in [0.25, 0.3) is 0 Å². The van der Waals surface area contributed by atoms with Crippen LogP contribution in [0.3, 0.4) is 0 Å². The van der Waals surface area contributed by atoms with E-state index >= 15 is 0 Å². The molecule has 18 heteroatoms. The molecule has 5 rings (SSSR count). The van der Waals surface area contributed by atoms with Crippen molar-refractivity contribution < 1.29 is 89.0 Å². The van der Waals surface area contributed by atoms with Crippen molar-refractivity contribution in [2.45, 2.75) is 99.4 Å². The molecule has 288 valence electrons. The maximum Gasteiger partial charge on any atom is 0.331 e. The summed E-state index contributed by atoms with van der Waals surface area (Å²) in [4.78, 5) is 13.2. The predicted octanol–water partition coefficient (Wildman–Crippen LogP) is -2.26. The highest BCUT2D eigenvalue weighted by Gasteiger charge is 2.53. The van der Waals surface area contributed by atoms with Gasteiger partial charge in [-0.15, -0.1) is 0 Å². The Labute approximate surface area is 297 Å². The Morgan fingerprint density at radius 3 is 2.19 bits per heavy atom. The Hall–Kier alpha value is -3.47. The minimum Gasteiger partial charge on any atom is -0.508 e. The number of aliphatic hydroxyl groups excluding tert-OH is 7. The van der Waals surface area contributed by atoms with E-state index < -0.39 is 104 Å². The number of carbonyl (C=O) groups is 1. The molecular formula is C34H44O18. The molecule has 3 aliphatic rings. The number of rotatable bonds is 12. The van der Waals surface area contributed by atoms with Crippen LogP contribution in [0, 0.1) is 0 Å². The van der Waals surface area contributed by atoms with Gasteiger partial charge in [-0.05, 0) is 54.8 Å². The lowest BCUT2D eigenvalue weighted by Gasteiger charge is -2.47. The normalized spacial score (nSPS) is 36.8. The van der Waals surface area contributed by atoms with E-state index in [4.69, 9.17) is 33.2 Å². The van der Waals surface area contributed by atoms with Crippen molar-refractivity contribution >= 4 is 12.0 Å². The first-order chi connectivity index (χ1) is 24.7. The second-order valence-electron chi connectivity index (χ2n) is 12.7. The van der Waals surface area contributed by atoms with Crippen LogP contribution in [-0.4, -0.2) is 163 Å². The molecule has 3 heterocycles. The van der Waals surface area contributed by atoms with Crippen molar-refractivity contribution in [3.8, 4) is 17.2 Å². The summed E-state index contributed by atoms with van der Waals surface area (Å²) in [6, 6.07) is 10.1. The molecule has 10 N–H and O–H groups in total. The van der Waals surface area contributed by atoms with Gasteiger partial charge in [-0.1, -0.05) is 18.2 Å². The predicted molar refractivity (Wildman–Crippen MR) is 172 cm³/mol. The minimum atomic E-state index is -1.83.